The summed E-state index contributed by atoms with van der Waals surface area (Å²) in [6.45, 7) is 3.34. The molecule has 7 heteroatoms. The number of rotatable bonds is 3. The number of amides is 1. The molecule has 1 heterocycles. The van der Waals surface area contributed by atoms with Crippen LogP contribution in [0, 0.1) is 13.8 Å². The van der Waals surface area contributed by atoms with Crippen LogP contribution in [0.25, 0.3) is 0 Å². The van der Waals surface area contributed by atoms with E-state index in [1.165, 1.54) is 18.3 Å². The fourth-order valence-electron chi connectivity index (χ4n) is 2.09. The van der Waals surface area contributed by atoms with Crippen molar-refractivity contribution < 1.29 is 13.2 Å². The van der Waals surface area contributed by atoms with E-state index in [-0.39, 0.29) is 10.5 Å². The number of H-pyrrole nitrogens is 1. The number of pyridine rings is 1. The third kappa shape index (κ3) is 3.43. The Bertz CT molecular complexity index is 898. The summed E-state index contributed by atoms with van der Waals surface area (Å²) in [6, 6.07) is 6.00. The van der Waals surface area contributed by atoms with Crippen molar-refractivity contribution in [2.45, 2.75) is 18.7 Å². The summed E-state index contributed by atoms with van der Waals surface area (Å²) in [5.41, 5.74) is 1.56. The number of hydrogen-bond acceptors (Lipinski definition) is 4. The lowest BCUT2D eigenvalue weighted by atomic mass is 10.1. The Morgan fingerprint density at radius 1 is 1.14 bits per heavy atom. The molecule has 0 spiro atoms. The molecule has 0 aliphatic heterocycles. The SMILES string of the molecule is Cc1cc(=O)[nH]cc1C(=O)Nc1ccc(C)c(S(C)(=O)=O)c1. The monoisotopic (exact) mass is 320 g/mol. The predicted octanol–water partition coefficient (Wildman–Crippen LogP) is 1.65. The topological polar surface area (TPSA) is 96.1 Å². The van der Waals surface area contributed by atoms with Gasteiger partial charge in [0.2, 0.25) is 5.56 Å². The van der Waals surface area contributed by atoms with Gasteiger partial charge in [-0.15, -0.1) is 0 Å². The number of aryl methyl sites for hydroxylation is 2. The number of sulfone groups is 1. The molecular weight excluding hydrogens is 304 g/mol. The quantitative estimate of drug-likeness (QED) is 0.898. The van der Waals surface area contributed by atoms with Crippen molar-refractivity contribution in [2.75, 3.05) is 11.6 Å². The van der Waals surface area contributed by atoms with E-state index in [1.54, 1.807) is 26.0 Å². The van der Waals surface area contributed by atoms with E-state index in [9.17, 15) is 18.0 Å². The van der Waals surface area contributed by atoms with Crippen molar-refractivity contribution in [2.24, 2.45) is 0 Å². The minimum Gasteiger partial charge on any atom is -0.328 e. The number of aromatic nitrogens is 1. The molecule has 1 amide bonds. The van der Waals surface area contributed by atoms with Crippen LogP contribution >= 0.6 is 0 Å². The van der Waals surface area contributed by atoms with Gasteiger partial charge in [0.15, 0.2) is 9.84 Å². The van der Waals surface area contributed by atoms with Crippen LogP contribution in [-0.4, -0.2) is 25.6 Å². The van der Waals surface area contributed by atoms with Crippen molar-refractivity contribution in [3.8, 4) is 0 Å². The number of hydrogen-bond donors (Lipinski definition) is 2. The number of benzene rings is 1. The van der Waals surface area contributed by atoms with Crippen LogP contribution in [0.15, 0.2) is 40.2 Å². The zero-order valence-electron chi connectivity index (χ0n) is 12.4. The van der Waals surface area contributed by atoms with Gasteiger partial charge in [-0.3, -0.25) is 9.59 Å². The van der Waals surface area contributed by atoms with Crippen LogP contribution in [0.5, 0.6) is 0 Å². The smallest absolute Gasteiger partial charge is 0.257 e. The largest absolute Gasteiger partial charge is 0.328 e. The van der Waals surface area contributed by atoms with Gasteiger partial charge in [0.1, 0.15) is 0 Å². The molecular formula is C15H16N2O4S. The van der Waals surface area contributed by atoms with E-state index in [4.69, 9.17) is 0 Å². The van der Waals surface area contributed by atoms with E-state index in [0.29, 0.717) is 22.4 Å². The van der Waals surface area contributed by atoms with Crippen LogP contribution in [0.4, 0.5) is 5.69 Å². The second kappa shape index (κ2) is 5.76. The molecule has 0 unspecified atom stereocenters. The maximum absolute atomic E-state index is 12.2. The van der Waals surface area contributed by atoms with Crippen LogP contribution in [0.3, 0.4) is 0 Å². The molecule has 0 saturated carbocycles. The molecule has 0 atom stereocenters. The summed E-state index contributed by atoms with van der Waals surface area (Å²) in [6.07, 6.45) is 2.45. The first kappa shape index (κ1) is 16.0. The third-order valence-corrected chi connectivity index (χ3v) is 4.46. The van der Waals surface area contributed by atoms with Gasteiger partial charge in [-0.2, -0.15) is 0 Å². The first-order valence-electron chi connectivity index (χ1n) is 6.50. The zero-order chi connectivity index (χ0) is 16.5. The second-order valence-corrected chi connectivity index (χ2v) is 7.08. The Balaban J connectivity index is 2.35. The highest BCUT2D eigenvalue weighted by Gasteiger charge is 2.14. The van der Waals surface area contributed by atoms with Crippen LogP contribution in [0.1, 0.15) is 21.5 Å². The molecule has 0 aliphatic rings. The standard InChI is InChI=1S/C15H16N2O4S/c1-9-4-5-11(7-13(9)22(3,20)21)17-15(19)12-8-16-14(18)6-10(12)2/h4-8H,1-3H3,(H,16,18)(H,17,19). The molecule has 2 rings (SSSR count). The zero-order valence-corrected chi connectivity index (χ0v) is 13.2. The summed E-state index contributed by atoms with van der Waals surface area (Å²) in [5, 5.41) is 2.63. The molecule has 1 aromatic heterocycles. The number of carbonyl (C=O) groups is 1. The summed E-state index contributed by atoms with van der Waals surface area (Å²) in [5.74, 6) is -0.419. The average Bonchev–Trinajstić information content (AvgIpc) is 2.39. The number of nitrogens with one attached hydrogen (secondary N) is 2. The molecule has 22 heavy (non-hydrogen) atoms. The Hall–Kier alpha value is -2.41. The van der Waals surface area contributed by atoms with Gasteiger partial charge < -0.3 is 10.3 Å². The van der Waals surface area contributed by atoms with Crippen molar-refractivity contribution in [1.82, 2.24) is 4.98 Å². The van der Waals surface area contributed by atoms with E-state index in [0.717, 1.165) is 6.26 Å². The lowest BCUT2D eigenvalue weighted by Crippen LogP contribution is -2.17. The van der Waals surface area contributed by atoms with Gasteiger partial charge in [0, 0.05) is 24.2 Å². The number of carbonyl (C=O) groups excluding carboxylic acids is 1. The number of anilines is 1. The van der Waals surface area contributed by atoms with Crippen molar-refractivity contribution in [3.63, 3.8) is 0 Å². The number of aromatic amines is 1. The molecule has 0 bridgehead atoms. The Kier molecular flexibility index (Phi) is 4.18. The summed E-state index contributed by atoms with van der Waals surface area (Å²) < 4.78 is 23.4. The summed E-state index contributed by atoms with van der Waals surface area (Å²) in [7, 11) is -3.37. The highest BCUT2D eigenvalue weighted by Crippen LogP contribution is 2.20. The minimum atomic E-state index is -3.37. The van der Waals surface area contributed by atoms with E-state index >= 15 is 0 Å². The van der Waals surface area contributed by atoms with Gasteiger partial charge in [-0.05, 0) is 37.1 Å². The van der Waals surface area contributed by atoms with Gasteiger partial charge in [0.25, 0.3) is 5.91 Å². The lowest BCUT2D eigenvalue weighted by Gasteiger charge is -2.10. The van der Waals surface area contributed by atoms with Crippen LogP contribution in [0.2, 0.25) is 0 Å². The highest BCUT2D eigenvalue weighted by molar-refractivity contribution is 7.90. The molecule has 1 aromatic carbocycles. The van der Waals surface area contributed by atoms with Gasteiger partial charge in [0.05, 0.1) is 10.5 Å². The Morgan fingerprint density at radius 2 is 1.82 bits per heavy atom. The van der Waals surface area contributed by atoms with Crippen molar-refractivity contribution in [1.29, 1.82) is 0 Å². The molecule has 0 radical (unpaired) electrons. The minimum absolute atomic E-state index is 0.170. The molecule has 6 nitrogen and oxygen atoms in total. The fourth-order valence-corrected chi connectivity index (χ4v) is 3.09. The summed E-state index contributed by atoms with van der Waals surface area (Å²) >= 11 is 0. The molecule has 2 aromatic rings. The lowest BCUT2D eigenvalue weighted by molar-refractivity contribution is 0.102. The normalized spacial score (nSPS) is 11.2. The molecule has 0 saturated heterocycles. The van der Waals surface area contributed by atoms with Crippen molar-refractivity contribution in [3.05, 3.63) is 57.5 Å². The molecule has 0 fully saturated rings. The molecule has 116 valence electrons. The fraction of sp³-hybridized carbons (Fsp3) is 0.200. The summed E-state index contributed by atoms with van der Waals surface area (Å²) in [4.78, 5) is 26.0. The highest BCUT2D eigenvalue weighted by atomic mass is 32.2. The third-order valence-electron chi connectivity index (χ3n) is 3.22. The second-order valence-electron chi connectivity index (χ2n) is 5.10. The van der Waals surface area contributed by atoms with E-state index in [1.807, 2.05) is 0 Å². The van der Waals surface area contributed by atoms with Crippen LogP contribution in [-0.2, 0) is 9.84 Å². The van der Waals surface area contributed by atoms with Crippen LogP contribution < -0.4 is 10.9 Å². The van der Waals surface area contributed by atoms with Gasteiger partial charge in [-0.1, -0.05) is 6.07 Å². The van der Waals surface area contributed by atoms with E-state index in [2.05, 4.69) is 10.3 Å². The maximum Gasteiger partial charge on any atom is 0.257 e. The first-order valence-corrected chi connectivity index (χ1v) is 8.39. The average molecular weight is 320 g/mol. The molecule has 0 aliphatic carbocycles. The Labute approximate surface area is 128 Å². The van der Waals surface area contributed by atoms with Crippen molar-refractivity contribution >= 4 is 21.4 Å². The first-order chi connectivity index (χ1) is 10.2. The van der Waals surface area contributed by atoms with Gasteiger partial charge in [-0.25, -0.2) is 8.42 Å². The van der Waals surface area contributed by atoms with Gasteiger partial charge >= 0.3 is 0 Å². The van der Waals surface area contributed by atoms with E-state index < -0.39 is 15.7 Å². The maximum atomic E-state index is 12.2. The Morgan fingerprint density at radius 3 is 2.41 bits per heavy atom. The molecule has 2 N–H and O–H groups in total. The predicted molar refractivity (Wildman–Crippen MR) is 84.0 cm³/mol.